The highest BCUT2D eigenvalue weighted by Gasteiger charge is 2.13. The fourth-order valence-corrected chi connectivity index (χ4v) is 3.34. The Bertz CT molecular complexity index is 372. The van der Waals surface area contributed by atoms with Gasteiger partial charge < -0.3 is 14.7 Å². The molecule has 0 heterocycles. The predicted octanol–water partition coefficient (Wildman–Crippen LogP) is 5.20. The normalized spacial score (nSPS) is 11.8. The molecule has 0 aromatic heterocycles. The third-order valence-electron chi connectivity index (χ3n) is 4.95. The van der Waals surface area contributed by atoms with Crippen molar-refractivity contribution in [3.05, 3.63) is 24.4 Å². The van der Waals surface area contributed by atoms with Crippen molar-refractivity contribution in [2.24, 2.45) is 0 Å². The van der Waals surface area contributed by atoms with Crippen LogP contribution in [0.15, 0.2) is 24.4 Å². The van der Waals surface area contributed by atoms with Crippen LogP contribution in [0.2, 0.25) is 0 Å². The van der Waals surface area contributed by atoms with Crippen LogP contribution in [0.25, 0.3) is 0 Å². The van der Waals surface area contributed by atoms with E-state index >= 15 is 0 Å². The van der Waals surface area contributed by atoms with Crippen LogP contribution in [-0.4, -0.2) is 63.8 Å². The molecule has 0 amide bonds. The van der Waals surface area contributed by atoms with Crippen LogP contribution in [0, 0.1) is 0 Å². The molecule has 0 atom stereocenters. The summed E-state index contributed by atoms with van der Waals surface area (Å²) >= 11 is 0. The molecule has 0 aromatic carbocycles. The second-order valence-electron chi connectivity index (χ2n) is 9.03. The summed E-state index contributed by atoms with van der Waals surface area (Å²) in [6.45, 7) is 14.9. The Morgan fingerprint density at radius 3 is 1.85 bits per heavy atom. The zero-order valence-corrected chi connectivity index (χ0v) is 18.7. The second kappa shape index (κ2) is 15.3. The molecule has 0 saturated heterocycles. The number of quaternary nitrogens is 1. The lowest BCUT2D eigenvalue weighted by Crippen LogP contribution is -2.42. The lowest BCUT2D eigenvalue weighted by atomic mass is 10.1. The van der Waals surface area contributed by atoms with E-state index in [1.54, 1.807) is 0 Å². The summed E-state index contributed by atoms with van der Waals surface area (Å²) in [7, 11) is 9.06. The molecule has 0 aliphatic rings. The van der Waals surface area contributed by atoms with Crippen molar-refractivity contribution in [3.8, 4) is 0 Å². The van der Waals surface area contributed by atoms with Gasteiger partial charge in [-0.1, -0.05) is 50.8 Å². The fourth-order valence-electron chi connectivity index (χ4n) is 3.34. The fraction of sp³-hybridized carbons (Fsp3) is 0.826. The van der Waals surface area contributed by atoms with E-state index in [0.717, 1.165) is 23.1 Å². The molecule has 0 aliphatic heterocycles. The van der Waals surface area contributed by atoms with Crippen molar-refractivity contribution in [1.82, 2.24) is 10.2 Å². The Balaban J connectivity index is 3.49. The first-order valence-corrected chi connectivity index (χ1v) is 10.8. The van der Waals surface area contributed by atoms with E-state index in [1.807, 2.05) is 0 Å². The van der Waals surface area contributed by atoms with Gasteiger partial charge in [-0.3, -0.25) is 0 Å². The molecule has 154 valence electrons. The summed E-state index contributed by atoms with van der Waals surface area (Å²) in [4.78, 5) is 2.29. The van der Waals surface area contributed by atoms with Gasteiger partial charge in [0.2, 0.25) is 0 Å². The second-order valence-corrected chi connectivity index (χ2v) is 9.03. The van der Waals surface area contributed by atoms with Gasteiger partial charge in [0, 0.05) is 25.1 Å². The Labute approximate surface area is 165 Å². The molecule has 0 aliphatic carbocycles. The average Bonchev–Trinajstić information content (AvgIpc) is 2.52. The number of nitrogens with zero attached hydrogens (tertiary/aromatic N) is 2. The average molecular weight is 367 g/mol. The molecule has 0 saturated carbocycles. The highest BCUT2D eigenvalue weighted by atomic mass is 15.3. The molecule has 0 spiro atoms. The number of allylic oxidation sites excluding steroid dienone is 1. The monoisotopic (exact) mass is 366 g/mol. The number of hydrogen-bond donors (Lipinski definition) is 1. The zero-order chi connectivity index (χ0) is 19.8. The lowest BCUT2D eigenvalue weighted by molar-refractivity contribution is -0.890. The van der Waals surface area contributed by atoms with Gasteiger partial charge in [0.05, 0.1) is 27.2 Å². The SMILES string of the molecule is C=C(C)CC(=C)NCCC[N+](C)(C)CCCCCCCCCCN(C)C. The molecule has 0 radical (unpaired) electrons. The van der Waals surface area contributed by atoms with Crippen molar-refractivity contribution in [2.45, 2.75) is 71.1 Å². The van der Waals surface area contributed by atoms with Crippen LogP contribution in [0.5, 0.6) is 0 Å². The van der Waals surface area contributed by atoms with E-state index in [-0.39, 0.29) is 0 Å². The molecule has 0 bridgehead atoms. The van der Waals surface area contributed by atoms with E-state index in [1.165, 1.54) is 83.0 Å². The van der Waals surface area contributed by atoms with Gasteiger partial charge in [0.25, 0.3) is 0 Å². The van der Waals surface area contributed by atoms with E-state index in [2.05, 4.69) is 58.5 Å². The molecular formula is C23H48N3+. The van der Waals surface area contributed by atoms with Crippen molar-refractivity contribution in [3.63, 3.8) is 0 Å². The van der Waals surface area contributed by atoms with Gasteiger partial charge in [0.15, 0.2) is 0 Å². The lowest BCUT2D eigenvalue weighted by Gasteiger charge is -2.30. The predicted molar refractivity (Wildman–Crippen MR) is 119 cm³/mol. The first kappa shape index (κ1) is 25.2. The molecular weight excluding hydrogens is 318 g/mol. The van der Waals surface area contributed by atoms with Crippen LogP contribution in [0.4, 0.5) is 0 Å². The highest BCUT2D eigenvalue weighted by Crippen LogP contribution is 2.11. The standard InChI is InChI=1S/C23H48N3/c1-22(2)21-23(3)24-17-16-20-26(6,7)19-15-13-11-9-8-10-12-14-18-25(4)5/h24H,1,3,8-21H2,2,4-7H3/q+1. The molecule has 0 fully saturated rings. The minimum atomic E-state index is 0.897. The number of unbranched alkanes of at least 4 members (excludes halogenated alkanes) is 7. The van der Waals surface area contributed by atoms with Gasteiger partial charge >= 0.3 is 0 Å². The zero-order valence-electron chi connectivity index (χ0n) is 18.7. The number of nitrogens with one attached hydrogen (secondary N) is 1. The van der Waals surface area contributed by atoms with Crippen LogP contribution in [0.3, 0.4) is 0 Å². The minimum Gasteiger partial charge on any atom is -0.388 e. The van der Waals surface area contributed by atoms with Crippen molar-refractivity contribution in [1.29, 1.82) is 0 Å². The maximum absolute atomic E-state index is 4.06. The maximum atomic E-state index is 4.06. The van der Waals surface area contributed by atoms with E-state index < -0.39 is 0 Å². The Morgan fingerprint density at radius 2 is 1.31 bits per heavy atom. The van der Waals surface area contributed by atoms with Crippen molar-refractivity contribution >= 4 is 0 Å². The van der Waals surface area contributed by atoms with E-state index in [0.29, 0.717) is 0 Å². The van der Waals surface area contributed by atoms with Crippen molar-refractivity contribution in [2.75, 3.05) is 54.4 Å². The Morgan fingerprint density at radius 1 is 0.808 bits per heavy atom. The Kier molecular flexibility index (Phi) is 14.8. The van der Waals surface area contributed by atoms with Gasteiger partial charge in [-0.2, -0.15) is 0 Å². The molecule has 26 heavy (non-hydrogen) atoms. The van der Waals surface area contributed by atoms with Crippen LogP contribution < -0.4 is 5.32 Å². The molecule has 1 N–H and O–H groups in total. The van der Waals surface area contributed by atoms with Crippen molar-refractivity contribution < 1.29 is 4.48 Å². The number of hydrogen-bond acceptors (Lipinski definition) is 2. The summed E-state index contributed by atoms with van der Waals surface area (Å²) in [5.74, 6) is 0. The van der Waals surface area contributed by atoms with Gasteiger partial charge in [-0.15, -0.1) is 0 Å². The van der Waals surface area contributed by atoms with Crippen LogP contribution in [-0.2, 0) is 0 Å². The van der Waals surface area contributed by atoms with Gasteiger partial charge in [0.1, 0.15) is 0 Å². The molecule has 0 aromatic rings. The van der Waals surface area contributed by atoms with E-state index in [9.17, 15) is 0 Å². The molecule has 0 rings (SSSR count). The summed E-state index contributed by atoms with van der Waals surface area (Å²) in [5, 5.41) is 3.43. The largest absolute Gasteiger partial charge is 0.388 e. The maximum Gasteiger partial charge on any atom is 0.0799 e. The topological polar surface area (TPSA) is 15.3 Å². The van der Waals surface area contributed by atoms with Gasteiger partial charge in [-0.25, -0.2) is 0 Å². The minimum absolute atomic E-state index is 0.897. The third-order valence-corrected chi connectivity index (χ3v) is 4.95. The van der Waals surface area contributed by atoms with Gasteiger partial charge in [-0.05, 0) is 46.8 Å². The molecule has 0 unspecified atom stereocenters. The summed E-state index contributed by atoms with van der Waals surface area (Å²) in [5.41, 5.74) is 2.27. The highest BCUT2D eigenvalue weighted by molar-refractivity contribution is 5.05. The Hall–Kier alpha value is -0.800. The summed E-state index contributed by atoms with van der Waals surface area (Å²) in [6, 6.07) is 0. The quantitative estimate of drug-likeness (QED) is 0.204. The first-order valence-electron chi connectivity index (χ1n) is 10.8. The molecule has 3 nitrogen and oxygen atoms in total. The smallest absolute Gasteiger partial charge is 0.0799 e. The number of rotatable bonds is 18. The summed E-state index contributed by atoms with van der Waals surface area (Å²) < 4.78 is 1.14. The third kappa shape index (κ3) is 18.0. The van der Waals surface area contributed by atoms with E-state index in [4.69, 9.17) is 0 Å². The molecule has 3 heteroatoms. The van der Waals surface area contributed by atoms with Crippen LogP contribution in [0.1, 0.15) is 71.1 Å². The summed E-state index contributed by atoms with van der Waals surface area (Å²) in [6.07, 6.45) is 13.3. The first-order chi connectivity index (χ1) is 12.2. The van der Waals surface area contributed by atoms with Crippen LogP contribution >= 0.6 is 0 Å².